The van der Waals surface area contributed by atoms with Crippen molar-refractivity contribution < 1.29 is 19.1 Å². The number of carbonyl (C=O) groups is 3. The molecule has 0 bridgehead atoms. The number of nitrogens with one attached hydrogen (secondary N) is 2. The molecule has 7 heteroatoms. The fraction of sp³-hybridized carbons (Fsp3) is 0.609. The van der Waals surface area contributed by atoms with Gasteiger partial charge in [0, 0.05) is 25.8 Å². The summed E-state index contributed by atoms with van der Waals surface area (Å²) < 4.78 is 5.07. The molecule has 0 aromatic heterocycles. The fourth-order valence-corrected chi connectivity index (χ4v) is 3.29. The third-order valence-corrected chi connectivity index (χ3v) is 4.52. The van der Waals surface area contributed by atoms with Crippen LogP contribution >= 0.6 is 0 Å². The van der Waals surface area contributed by atoms with Crippen molar-refractivity contribution in [2.45, 2.75) is 47.5 Å². The van der Waals surface area contributed by atoms with Crippen molar-refractivity contribution in [3.05, 3.63) is 29.8 Å². The predicted molar refractivity (Wildman–Crippen MR) is 119 cm³/mol. The number of methoxy groups -OCH3 is 1. The fourth-order valence-electron chi connectivity index (χ4n) is 3.29. The van der Waals surface area contributed by atoms with Crippen LogP contribution in [0.15, 0.2) is 24.3 Å². The van der Waals surface area contributed by atoms with Gasteiger partial charge in [-0.25, -0.2) is 0 Å². The molecule has 1 aromatic rings. The molecule has 0 fully saturated rings. The largest absolute Gasteiger partial charge is 0.383 e. The van der Waals surface area contributed by atoms with E-state index in [1.165, 1.54) is 4.90 Å². The molecule has 0 saturated carbocycles. The molecule has 7 nitrogen and oxygen atoms in total. The van der Waals surface area contributed by atoms with E-state index in [1.54, 1.807) is 19.2 Å². The number of ether oxygens (including phenoxy) is 1. The van der Waals surface area contributed by atoms with Crippen LogP contribution in [-0.4, -0.2) is 56.0 Å². The van der Waals surface area contributed by atoms with E-state index in [0.29, 0.717) is 25.3 Å². The molecule has 0 aliphatic heterocycles. The second-order valence-corrected chi connectivity index (χ2v) is 9.07. The number of carbonyl (C=O) groups excluding carboxylic acids is 3. The van der Waals surface area contributed by atoms with E-state index in [-0.39, 0.29) is 42.1 Å². The van der Waals surface area contributed by atoms with Gasteiger partial charge in [0.1, 0.15) is 0 Å². The first-order valence-corrected chi connectivity index (χ1v) is 10.4. The number of hydrogen-bond acceptors (Lipinski definition) is 4. The van der Waals surface area contributed by atoms with Crippen LogP contribution in [0.2, 0.25) is 0 Å². The Morgan fingerprint density at radius 3 is 2.30 bits per heavy atom. The molecule has 30 heavy (non-hydrogen) atoms. The lowest BCUT2D eigenvalue weighted by Gasteiger charge is -2.26. The maximum atomic E-state index is 12.7. The van der Waals surface area contributed by atoms with Gasteiger partial charge in [0.25, 0.3) is 0 Å². The summed E-state index contributed by atoms with van der Waals surface area (Å²) in [5.74, 6) is -0.559. The maximum absolute atomic E-state index is 12.7. The van der Waals surface area contributed by atoms with Crippen LogP contribution in [0, 0.1) is 18.3 Å². The number of anilines is 1. The molecule has 0 spiro atoms. The first-order chi connectivity index (χ1) is 14.0. The van der Waals surface area contributed by atoms with E-state index in [0.717, 1.165) is 12.0 Å². The van der Waals surface area contributed by atoms with Gasteiger partial charge in [-0.15, -0.1) is 0 Å². The molecular formula is C23H37N3O4. The summed E-state index contributed by atoms with van der Waals surface area (Å²) in [7, 11) is 1.56. The van der Waals surface area contributed by atoms with E-state index < -0.39 is 0 Å². The Hall–Kier alpha value is -2.41. The molecule has 1 atom stereocenters. The van der Waals surface area contributed by atoms with Crippen molar-refractivity contribution in [2.24, 2.45) is 11.3 Å². The monoisotopic (exact) mass is 419 g/mol. The first kappa shape index (κ1) is 25.6. The minimum atomic E-state index is -0.373. The van der Waals surface area contributed by atoms with Gasteiger partial charge in [0.15, 0.2) is 0 Å². The van der Waals surface area contributed by atoms with Crippen molar-refractivity contribution in [3.63, 3.8) is 0 Å². The molecule has 0 heterocycles. The molecule has 2 N–H and O–H groups in total. The number of amides is 3. The van der Waals surface area contributed by atoms with E-state index in [4.69, 9.17) is 4.74 Å². The quantitative estimate of drug-likeness (QED) is 0.577. The standard InChI is InChI=1S/C23H37N3O4/c1-17-7-9-19(10-8-17)25-20(27)15-24-21(28)16-26(11-12-30-6)22(29)13-18(2)14-23(3,4)5/h7-10,18H,11-16H2,1-6H3,(H,24,28)(H,25,27)/t18-/m1/s1. The van der Waals surface area contributed by atoms with Crippen LogP contribution in [0.4, 0.5) is 5.69 Å². The molecule has 0 radical (unpaired) electrons. The maximum Gasteiger partial charge on any atom is 0.243 e. The zero-order valence-corrected chi connectivity index (χ0v) is 19.2. The molecule has 168 valence electrons. The zero-order chi connectivity index (χ0) is 22.7. The smallest absolute Gasteiger partial charge is 0.243 e. The second-order valence-electron chi connectivity index (χ2n) is 9.07. The third kappa shape index (κ3) is 11.0. The third-order valence-electron chi connectivity index (χ3n) is 4.52. The number of nitrogens with zero attached hydrogens (tertiary/aromatic N) is 1. The van der Waals surface area contributed by atoms with Crippen molar-refractivity contribution in [1.29, 1.82) is 0 Å². The van der Waals surface area contributed by atoms with E-state index in [2.05, 4.69) is 31.4 Å². The topological polar surface area (TPSA) is 87.7 Å². The van der Waals surface area contributed by atoms with Crippen LogP contribution in [0.25, 0.3) is 0 Å². The minimum absolute atomic E-state index is 0.0805. The molecule has 0 aliphatic carbocycles. The SMILES string of the molecule is COCCN(CC(=O)NCC(=O)Nc1ccc(C)cc1)C(=O)C[C@@H](C)CC(C)(C)C. The molecule has 0 unspecified atom stereocenters. The predicted octanol–water partition coefficient (Wildman–Crippen LogP) is 2.99. The van der Waals surface area contributed by atoms with Gasteiger partial charge in [-0.3, -0.25) is 14.4 Å². The number of benzene rings is 1. The summed E-state index contributed by atoms with van der Waals surface area (Å²) in [6.45, 7) is 10.9. The summed E-state index contributed by atoms with van der Waals surface area (Å²) in [6, 6.07) is 7.40. The van der Waals surface area contributed by atoms with Crippen molar-refractivity contribution in [2.75, 3.05) is 38.7 Å². The van der Waals surface area contributed by atoms with Gasteiger partial charge < -0.3 is 20.3 Å². The summed E-state index contributed by atoms with van der Waals surface area (Å²) in [5.41, 5.74) is 1.91. The lowest BCUT2D eigenvalue weighted by Crippen LogP contribution is -2.44. The summed E-state index contributed by atoms with van der Waals surface area (Å²) in [6.07, 6.45) is 1.30. The summed E-state index contributed by atoms with van der Waals surface area (Å²) in [5, 5.41) is 5.31. The van der Waals surface area contributed by atoms with Gasteiger partial charge in [-0.05, 0) is 36.8 Å². The molecule has 1 aromatic carbocycles. The average molecular weight is 420 g/mol. The number of rotatable bonds is 11. The van der Waals surface area contributed by atoms with Gasteiger partial charge in [-0.1, -0.05) is 45.4 Å². The van der Waals surface area contributed by atoms with E-state index in [1.807, 2.05) is 26.0 Å². The van der Waals surface area contributed by atoms with Crippen molar-refractivity contribution >= 4 is 23.4 Å². The summed E-state index contributed by atoms with van der Waals surface area (Å²) in [4.78, 5) is 38.6. The zero-order valence-electron chi connectivity index (χ0n) is 19.2. The first-order valence-electron chi connectivity index (χ1n) is 10.4. The Morgan fingerprint density at radius 2 is 1.73 bits per heavy atom. The molecule has 0 aliphatic rings. The molecular weight excluding hydrogens is 382 g/mol. The lowest BCUT2D eigenvalue weighted by atomic mass is 9.84. The van der Waals surface area contributed by atoms with Gasteiger partial charge in [0.2, 0.25) is 17.7 Å². The van der Waals surface area contributed by atoms with Crippen LogP contribution < -0.4 is 10.6 Å². The van der Waals surface area contributed by atoms with Crippen LogP contribution in [0.5, 0.6) is 0 Å². The van der Waals surface area contributed by atoms with E-state index in [9.17, 15) is 14.4 Å². The Balaban J connectivity index is 2.53. The highest BCUT2D eigenvalue weighted by Crippen LogP contribution is 2.26. The van der Waals surface area contributed by atoms with Crippen molar-refractivity contribution in [1.82, 2.24) is 10.2 Å². The Kier molecular flexibility index (Phi) is 10.5. The normalized spacial score (nSPS) is 12.2. The highest BCUT2D eigenvalue weighted by atomic mass is 16.5. The highest BCUT2D eigenvalue weighted by Gasteiger charge is 2.22. The number of aryl methyl sites for hydroxylation is 1. The Morgan fingerprint density at radius 1 is 1.10 bits per heavy atom. The van der Waals surface area contributed by atoms with Crippen molar-refractivity contribution in [3.8, 4) is 0 Å². The van der Waals surface area contributed by atoms with Crippen LogP contribution in [0.3, 0.4) is 0 Å². The Bertz CT molecular complexity index is 695. The summed E-state index contributed by atoms with van der Waals surface area (Å²) >= 11 is 0. The number of hydrogen-bond donors (Lipinski definition) is 2. The van der Waals surface area contributed by atoms with Crippen LogP contribution in [-0.2, 0) is 19.1 Å². The lowest BCUT2D eigenvalue weighted by molar-refractivity contribution is -0.137. The van der Waals surface area contributed by atoms with Crippen LogP contribution in [0.1, 0.15) is 46.1 Å². The van der Waals surface area contributed by atoms with Gasteiger partial charge in [-0.2, -0.15) is 0 Å². The van der Waals surface area contributed by atoms with Gasteiger partial charge in [0.05, 0.1) is 19.7 Å². The Labute approximate surface area is 180 Å². The highest BCUT2D eigenvalue weighted by molar-refractivity contribution is 5.95. The molecule has 0 saturated heterocycles. The average Bonchev–Trinajstić information content (AvgIpc) is 2.63. The molecule has 1 rings (SSSR count). The second kappa shape index (κ2) is 12.3. The van der Waals surface area contributed by atoms with Gasteiger partial charge >= 0.3 is 0 Å². The van der Waals surface area contributed by atoms with E-state index >= 15 is 0 Å². The molecule has 3 amide bonds. The minimum Gasteiger partial charge on any atom is -0.383 e.